The third-order valence-electron chi connectivity index (χ3n) is 4.67. The Kier molecular flexibility index (Phi) is 2.95. The van der Waals surface area contributed by atoms with E-state index in [9.17, 15) is 0 Å². The quantitative estimate of drug-likeness (QED) is 0.643. The first-order chi connectivity index (χ1) is 11.8. The van der Waals surface area contributed by atoms with Crippen molar-refractivity contribution in [3.05, 3.63) is 93.6 Å². The van der Waals surface area contributed by atoms with Crippen molar-refractivity contribution in [2.24, 2.45) is 0 Å². The largest absolute Gasteiger partial charge is 0.356 e. The molecule has 116 valence electrons. The molecule has 0 amide bonds. The van der Waals surface area contributed by atoms with E-state index in [2.05, 4.69) is 82.8 Å². The Labute approximate surface area is 141 Å². The van der Waals surface area contributed by atoms with Gasteiger partial charge in [-0.25, -0.2) is 0 Å². The van der Waals surface area contributed by atoms with Crippen LogP contribution in [0.3, 0.4) is 0 Å². The van der Waals surface area contributed by atoms with Gasteiger partial charge < -0.3 is 9.97 Å². The van der Waals surface area contributed by atoms with Gasteiger partial charge in [-0.15, -0.1) is 0 Å². The third kappa shape index (κ3) is 2.56. The van der Waals surface area contributed by atoms with E-state index in [0.717, 1.165) is 35.6 Å². The number of aromatic nitrogens is 2. The Hall–Kier alpha value is -3.00. The Morgan fingerprint density at radius 2 is 0.750 bits per heavy atom. The molecule has 0 radical (unpaired) electrons. The van der Waals surface area contributed by atoms with E-state index in [-0.39, 0.29) is 0 Å². The van der Waals surface area contributed by atoms with E-state index in [1.165, 1.54) is 22.3 Å². The summed E-state index contributed by atoms with van der Waals surface area (Å²) in [6.07, 6.45) is 19.7. The van der Waals surface area contributed by atoms with Gasteiger partial charge in [0.15, 0.2) is 0 Å². The highest BCUT2D eigenvalue weighted by atomic mass is 14.7. The number of rotatable bonds is 0. The molecule has 3 heterocycles. The van der Waals surface area contributed by atoms with Crippen LogP contribution in [-0.4, -0.2) is 9.97 Å². The Balaban J connectivity index is 1.62. The molecule has 2 aromatic rings. The van der Waals surface area contributed by atoms with Gasteiger partial charge in [0.05, 0.1) is 0 Å². The van der Waals surface area contributed by atoms with Crippen molar-refractivity contribution in [2.75, 3.05) is 0 Å². The summed E-state index contributed by atoms with van der Waals surface area (Å²) in [6, 6.07) is 8.61. The zero-order valence-electron chi connectivity index (χ0n) is 13.3. The zero-order chi connectivity index (χ0) is 15.9. The summed E-state index contributed by atoms with van der Waals surface area (Å²) in [5.41, 5.74) is 10.00. The Bertz CT molecular complexity index is 841. The van der Waals surface area contributed by atoms with Gasteiger partial charge in [0, 0.05) is 22.8 Å². The molecule has 0 fully saturated rings. The maximum atomic E-state index is 3.50. The number of hydrogen-bond acceptors (Lipinski definition) is 0. The van der Waals surface area contributed by atoms with E-state index < -0.39 is 0 Å². The number of nitrogens with one attached hydrogen (secondary N) is 2. The number of allylic oxidation sites excluding steroid dienone is 8. The van der Waals surface area contributed by atoms with Gasteiger partial charge in [-0.05, 0) is 83.7 Å². The predicted molar refractivity (Wildman–Crippen MR) is 101 cm³/mol. The second-order valence-corrected chi connectivity index (χ2v) is 6.64. The summed E-state index contributed by atoms with van der Waals surface area (Å²) in [7, 11) is 0. The van der Waals surface area contributed by atoms with Gasteiger partial charge in [-0.2, -0.15) is 0 Å². The van der Waals surface area contributed by atoms with Crippen molar-refractivity contribution < 1.29 is 0 Å². The molecule has 8 bridgehead atoms. The van der Waals surface area contributed by atoms with Gasteiger partial charge in [-0.3, -0.25) is 0 Å². The first kappa shape index (κ1) is 13.4. The standard InChI is InChI=1S/C22H18N2/c1-2-16-9-15(1)11-19-5-6-21(23-19)13-17-3-4-18(10-17)14-22-8-7-20(12-16)24-22/h1-8,11-14,23-24H,9-10H2/b15-11-,16-12-,17-13-,18-14-,19-11?,20-12?,21-13?,22-14?. The SMILES string of the molecule is C1=CC2=C/c3ccc([nH]3)/C=C3C=C/C(=C/c4ccc([nH]4)/C=C/1C\2)C/3. The van der Waals surface area contributed by atoms with Crippen molar-refractivity contribution in [2.45, 2.75) is 12.8 Å². The van der Waals surface area contributed by atoms with Crippen LogP contribution in [-0.2, 0) is 0 Å². The van der Waals surface area contributed by atoms with Gasteiger partial charge in [0.1, 0.15) is 0 Å². The maximum absolute atomic E-state index is 3.50. The smallest absolute Gasteiger partial charge is 0.0387 e. The molecule has 3 aliphatic rings. The molecule has 5 rings (SSSR count). The fraction of sp³-hybridized carbons (Fsp3) is 0.0909. The van der Waals surface area contributed by atoms with Crippen LogP contribution in [0.4, 0.5) is 0 Å². The van der Waals surface area contributed by atoms with Crippen molar-refractivity contribution >= 4 is 24.3 Å². The molecule has 0 aromatic carbocycles. The fourth-order valence-corrected chi connectivity index (χ4v) is 3.53. The predicted octanol–water partition coefficient (Wildman–Crippen LogP) is 5.51. The van der Waals surface area contributed by atoms with Gasteiger partial charge in [0.2, 0.25) is 0 Å². The minimum atomic E-state index is 0.979. The van der Waals surface area contributed by atoms with E-state index in [0.29, 0.717) is 0 Å². The third-order valence-corrected chi connectivity index (χ3v) is 4.67. The van der Waals surface area contributed by atoms with Gasteiger partial charge in [0.25, 0.3) is 0 Å². The lowest BCUT2D eigenvalue weighted by molar-refractivity contribution is 1.25. The second-order valence-electron chi connectivity index (χ2n) is 6.64. The molecule has 0 saturated carbocycles. The lowest BCUT2D eigenvalue weighted by Crippen LogP contribution is -1.82. The van der Waals surface area contributed by atoms with Crippen LogP contribution in [0.25, 0.3) is 24.3 Å². The lowest BCUT2D eigenvalue weighted by Gasteiger charge is -1.98. The summed E-state index contributed by atoms with van der Waals surface area (Å²) < 4.78 is 0. The van der Waals surface area contributed by atoms with Crippen molar-refractivity contribution in [3.8, 4) is 0 Å². The number of fused-ring (bicyclic) bond motifs is 8. The molecule has 2 nitrogen and oxygen atoms in total. The highest BCUT2D eigenvalue weighted by Crippen LogP contribution is 2.29. The number of H-pyrrole nitrogens is 2. The van der Waals surface area contributed by atoms with E-state index in [1.807, 2.05) is 0 Å². The molecular weight excluding hydrogens is 292 g/mol. The molecule has 0 atom stereocenters. The summed E-state index contributed by atoms with van der Waals surface area (Å²) in [5, 5.41) is 0. The van der Waals surface area contributed by atoms with Crippen LogP contribution in [0.2, 0.25) is 0 Å². The van der Waals surface area contributed by atoms with Gasteiger partial charge >= 0.3 is 0 Å². The normalized spacial score (nSPS) is 27.0. The molecule has 2 aliphatic carbocycles. The van der Waals surface area contributed by atoms with Crippen molar-refractivity contribution in [1.29, 1.82) is 0 Å². The highest BCUT2D eigenvalue weighted by Gasteiger charge is 2.10. The average Bonchev–Trinajstić information content (AvgIpc) is 3.32. The maximum Gasteiger partial charge on any atom is 0.0387 e. The minimum Gasteiger partial charge on any atom is -0.356 e. The zero-order valence-corrected chi connectivity index (χ0v) is 13.3. The average molecular weight is 310 g/mol. The topological polar surface area (TPSA) is 31.6 Å². The first-order valence-corrected chi connectivity index (χ1v) is 8.37. The summed E-state index contributed by atoms with van der Waals surface area (Å²) >= 11 is 0. The summed E-state index contributed by atoms with van der Waals surface area (Å²) in [6.45, 7) is 0. The van der Waals surface area contributed by atoms with Gasteiger partial charge in [-0.1, -0.05) is 24.3 Å². The van der Waals surface area contributed by atoms with E-state index in [4.69, 9.17) is 0 Å². The van der Waals surface area contributed by atoms with E-state index in [1.54, 1.807) is 0 Å². The molecule has 2 heteroatoms. The summed E-state index contributed by atoms with van der Waals surface area (Å²) in [4.78, 5) is 6.99. The number of hydrogen-bond donors (Lipinski definition) is 2. The molecule has 0 spiro atoms. The monoisotopic (exact) mass is 310 g/mol. The fourth-order valence-electron chi connectivity index (χ4n) is 3.53. The minimum absolute atomic E-state index is 0.979. The molecule has 0 unspecified atom stereocenters. The van der Waals surface area contributed by atoms with Crippen LogP contribution in [0, 0.1) is 0 Å². The lowest BCUT2D eigenvalue weighted by atomic mass is 10.1. The van der Waals surface area contributed by atoms with Crippen molar-refractivity contribution in [3.63, 3.8) is 0 Å². The molecule has 0 saturated heterocycles. The molecule has 24 heavy (non-hydrogen) atoms. The van der Waals surface area contributed by atoms with Crippen molar-refractivity contribution in [1.82, 2.24) is 9.97 Å². The molecule has 2 N–H and O–H groups in total. The molecular formula is C22H18N2. The molecule has 2 aromatic heterocycles. The van der Waals surface area contributed by atoms with Crippen LogP contribution < -0.4 is 0 Å². The van der Waals surface area contributed by atoms with Crippen LogP contribution in [0.15, 0.2) is 70.9 Å². The van der Waals surface area contributed by atoms with E-state index >= 15 is 0 Å². The highest BCUT2D eigenvalue weighted by molar-refractivity contribution is 5.68. The molecule has 1 aliphatic heterocycles. The first-order valence-electron chi connectivity index (χ1n) is 8.37. The number of aromatic amines is 2. The Morgan fingerprint density at radius 1 is 0.458 bits per heavy atom. The van der Waals surface area contributed by atoms with Crippen LogP contribution in [0.1, 0.15) is 35.6 Å². The van der Waals surface area contributed by atoms with Crippen LogP contribution in [0.5, 0.6) is 0 Å². The van der Waals surface area contributed by atoms with Crippen LogP contribution >= 0.6 is 0 Å². The Morgan fingerprint density at radius 3 is 1.04 bits per heavy atom. The summed E-state index contributed by atoms with van der Waals surface area (Å²) in [5.74, 6) is 0. The second kappa shape index (κ2) is 5.27.